The Morgan fingerprint density at radius 2 is 1.93 bits per heavy atom. The maximum Gasteiger partial charge on any atom is 0.346 e. The number of rotatable bonds is 4. The van der Waals surface area contributed by atoms with Crippen molar-refractivity contribution >= 4 is 5.91 Å². The van der Waals surface area contributed by atoms with Crippen molar-refractivity contribution in [2.45, 2.75) is 57.2 Å². The summed E-state index contributed by atoms with van der Waals surface area (Å²) in [5.41, 5.74) is 0.532. The molecule has 9 heteroatoms. The average Bonchev–Trinajstić information content (AvgIpc) is 2.79. The third kappa shape index (κ3) is 3.83. The van der Waals surface area contributed by atoms with Crippen LogP contribution in [-0.4, -0.2) is 32.2 Å². The summed E-state index contributed by atoms with van der Waals surface area (Å²) in [5, 5.41) is 7.23. The predicted octanol–water partition coefficient (Wildman–Crippen LogP) is 2.10. The lowest BCUT2D eigenvalue weighted by molar-refractivity contribution is -0.150. The summed E-state index contributed by atoms with van der Waals surface area (Å²) < 4.78 is 41.9. The van der Waals surface area contributed by atoms with Crippen LogP contribution in [0.15, 0.2) is 29.1 Å². The average molecular weight is 394 g/mol. The standard InChI is InChI=1S/C19H21F3N4O2/c20-14-3-1-12(2-4-14)11-26-18(28)25-8-7-15(5-6-16(25)24-26)23-17(27)13-9-19(21,22)10-13/h1-4,13,15H,5-11H2,(H,23,27). The van der Waals surface area contributed by atoms with Crippen molar-refractivity contribution in [3.63, 3.8) is 0 Å². The highest BCUT2D eigenvalue weighted by molar-refractivity contribution is 5.80. The Balaban J connectivity index is 1.38. The fourth-order valence-electron chi connectivity index (χ4n) is 3.80. The quantitative estimate of drug-likeness (QED) is 0.864. The third-order valence-electron chi connectivity index (χ3n) is 5.47. The second-order valence-electron chi connectivity index (χ2n) is 7.63. The van der Waals surface area contributed by atoms with E-state index in [0.29, 0.717) is 31.6 Å². The van der Waals surface area contributed by atoms with Crippen molar-refractivity contribution in [3.05, 3.63) is 52.0 Å². The minimum atomic E-state index is -2.72. The highest BCUT2D eigenvalue weighted by atomic mass is 19.3. The number of hydrogen-bond acceptors (Lipinski definition) is 3. The first-order valence-electron chi connectivity index (χ1n) is 9.40. The number of hydrogen-bond donors (Lipinski definition) is 1. The van der Waals surface area contributed by atoms with Gasteiger partial charge in [-0.2, -0.15) is 5.10 Å². The molecule has 1 fully saturated rings. The van der Waals surface area contributed by atoms with E-state index in [9.17, 15) is 22.8 Å². The van der Waals surface area contributed by atoms with Crippen LogP contribution >= 0.6 is 0 Å². The van der Waals surface area contributed by atoms with Gasteiger partial charge in [0.05, 0.1) is 6.54 Å². The minimum Gasteiger partial charge on any atom is -0.353 e. The van der Waals surface area contributed by atoms with Gasteiger partial charge >= 0.3 is 5.69 Å². The predicted molar refractivity (Wildman–Crippen MR) is 94.5 cm³/mol. The molecule has 2 aromatic rings. The number of carbonyl (C=O) groups excluding carboxylic acids is 1. The van der Waals surface area contributed by atoms with E-state index in [4.69, 9.17) is 0 Å². The number of nitrogens with zero attached hydrogens (tertiary/aromatic N) is 3. The summed E-state index contributed by atoms with van der Waals surface area (Å²) in [5.74, 6) is -3.37. The second kappa shape index (κ2) is 7.10. The number of halogens is 3. The number of aromatic nitrogens is 3. The van der Waals surface area contributed by atoms with Gasteiger partial charge in [0.1, 0.15) is 11.6 Å². The number of carbonyl (C=O) groups is 1. The number of fused-ring (bicyclic) bond motifs is 1. The molecule has 6 nitrogen and oxygen atoms in total. The molecule has 1 saturated carbocycles. The molecule has 1 N–H and O–H groups in total. The molecule has 4 rings (SSSR count). The molecule has 1 aliphatic heterocycles. The SMILES string of the molecule is O=C(NC1CCc2nn(Cc3ccc(F)cc3)c(=O)n2CC1)C1CC(F)(F)C1. The largest absolute Gasteiger partial charge is 0.353 e. The lowest BCUT2D eigenvalue weighted by Gasteiger charge is -2.34. The number of aryl methyl sites for hydroxylation is 1. The van der Waals surface area contributed by atoms with E-state index >= 15 is 0 Å². The summed E-state index contributed by atoms with van der Waals surface area (Å²) in [6.07, 6.45) is 0.881. The normalized spacial score (nSPS) is 21.5. The van der Waals surface area contributed by atoms with E-state index in [2.05, 4.69) is 10.4 Å². The maximum absolute atomic E-state index is 13.0. The van der Waals surface area contributed by atoms with Crippen LogP contribution in [0.5, 0.6) is 0 Å². The number of benzene rings is 1. The van der Waals surface area contributed by atoms with Crippen LogP contribution < -0.4 is 11.0 Å². The van der Waals surface area contributed by atoms with Crippen LogP contribution in [0.1, 0.15) is 37.1 Å². The third-order valence-corrected chi connectivity index (χ3v) is 5.47. The molecule has 1 aromatic carbocycles. The Morgan fingerprint density at radius 1 is 1.21 bits per heavy atom. The number of alkyl halides is 2. The summed E-state index contributed by atoms with van der Waals surface area (Å²) in [6.45, 7) is 0.665. The van der Waals surface area contributed by atoms with E-state index < -0.39 is 11.8 Å². The first-order chi connectivity index (χ1) is 13.3. The zero-order chi connectivity index (χ0) is 19.9. The van der Waals surface area contributed by atoms with Crippen LogP contribution in [0.2, 0.25) is 0 Å². The van der Waals surface area contributed by atoms with Gasteiger partial charge in [-0.25, -0.2) is 22.6 Å². The lowest BCUT2D eigenvalue weighted by Crippen LogP contribution is -2.48. The Labute approximate surface area is 159 Å². The van der Waals surface area contributed by atoms with E-state index in [1.807, 2.05) is 0 Å². The zero-order valence-corrected chi connectivity index (χ0v) is 15.2. The van der Waals surface area contributed by atoms with E-state index in [1.165, 1.54) is 16.8 Å². The highest BCUT2D eigenvalue weighted by Gasteiger charge is 2.48. The van der Waals surface area contributed by atoms with Gasteiger partial charge in [0.15, 0.2) is 0 Å². The first-order valence-corrected chi connectivity index (χ1v) is 9.40. The molecule has 1 atom stereocenters. The molecule has 0 saturated heterocycles. The Hall–Kier alpha value is -2.58. The van der Waals surface area contributed by atoms with Crippen LogP contribution in [0.25, 0.3) is 0 Å². The molecule has 2 heterocycles. The Morgan fingerprint density at radius 3 is 2.61 bits per heavy atom. The first kappa shape index (κ1) is 18.8. The summed E-state index contributed by atoms with van der Waals surface area (Å²) in [6, 6.07) is 5.75. The molecule has 150 valence electrons. The molecule has 2 aliphatic rings. The van der Waals surface area contributed by atoms with Crippen molar-refractivity contribution in [1.82, 2.24) is 19.7 Å². The van der Waals surface area contributed by atoms with Gasteiger partial charge in [0.25, 0.3) is 0 Å². The topological polar surface area (TPSA) is 68.9 Å². The van der Waals surface area contributed by atoms with Crippen molar-refractivity contribution in [2.75, 3.05) is 0 Å². The molecule has 1 unspecified atom stereocenters. The maximum atomic E-state index is 13.0. The molecular weight excluding hydrogens is 373 g/mol. The van der Waals surface area contributed by atoms with E-state index in [1.54, 1.807) is 16.7 Å². The van der Waals surface area contributed by atoms with Gasteiger partial charge in [-0.15, -0.1) is 0 Å². The van der Waals surface area contributed by atoms with Gasteiger partial charge in [0, 0.05) is 37.8 Å². The summed E-state index contributed by atoms with van der Waals surface area (Å²) in [4.78, 5) is 24.7. The van der Waals surface area contributed by atoms with Gasteiger partial charge in [0.2, 0.25) is 11.8 Å². The second-order valence-corrected chi connectivity index (χ2v) is 7.63. The number of amides is 1. The molecule has 1 amide bonds. The molecular formula is C19H21F3N4O2. The fourth-order valence-corrected chi connectivity index (χ4v) is 3.80. The smallest absolute Gasteiger partial charge is 0.346 e. The molecule has 0 bridgehead atoms. The Bertz CT molecular complexity index is 928. The molecule has 1 aliphatic carbocycles. The van der Waals surface area contributed by atoms with E-state index in [0.717, 1.165) is 5.56 Å². The summed E-state index contributed by atoms with van der Waals surface area (Å²) >= 11 is 0. The van der Waals surface area contributed by atoms with Gasteiger partial charge in [-0.3, -0.25) is 9.36 Å². The fraction of sp³-hybridized carbons (Fsp3) is 0.526. The van der Waals surface area contributed by atoms with Crippen molar-refractivity contribution < 1.29 is 18.0 Å². The highest BCUT2D eigenvalue weighted by Crippen LogP contribution is 2.42. The lowest BCUT2D eigenvalue weighted by atomic mass is 9.80. The molecule has 28 heavy (non-hydrogen) atoms. The number of nitrogens with one attached hydrogen (secondary N) is 1. The van der Waals surface area contributed by atoms with Crippen molar-refractivity contribution in [3.8, 4) is 0 Å². The van der Waals surface area contributed by atoms with Gasteiger partial charge in [-0.1, -0.05) is 12.1 Å². The summed E-state index contributed by atoms with van der Waals surface area (Å²) in [7, 11) is 0. The zero-order valence-electron chi connectivity index (χ0n) is 15.2. The monoisotopic (exact) mass is 394 g/mol. The Kier molecular flexibility index (Phi) is 4.76. The minimum absolute atomic E-state index is 0.159. The van der Waals surface area contributed by atoms with Crippen LogP contribution in [-0.2, 0) is 24.3 Å². The van der Waals surface area contributed by atoms with Crippen LogP contribution in [0.4, 0.5) is 13.2 Å². The van der Waals surface area contributed by atoms with E-state index in [-0.39, 0.29) is 42.8 Å². The molecule has 1 aromatic heterocycles. The van der Waals surface area contributed by atoms with Crippen molar-refractivity contribution in [1.29, 1.82) is 0 Å². The molecule has 0 radical (unpaired) electrons. The van der Waals surface area contributed by atoms with Crippen LogP contribution in [0.3, 0.4) is 0 Å². The van der Waals surface area contributed by atoms with Gasteiger partial charge < -0.3 is 5.32 Å². The van der Waals surface area contributed by atoms with Crippen LogP contribution in [0, 0.1) is 11.7 Å². The molecule has 0 spiro atoms. The van der Waals surface area contributed by atoms with Gasteiger partial charge in [-0.05, 0) is 30.5 Å². The van der Waals surface area contributed by atoms with Crippen molar-refractivity contribution in [2.24, 2.45) is 5.92 Å².